The molecule has 238 valence electrons. The Bertz CT molecular complexity index is 1650. The lowest BCUT2D eigenvalue weighted by atomic mass is 9.77. The van der Waals surface area contributed by atoms with Crippen LogP contribution in [0.15, 0.2) is 140 Å². The highest BCUT2D eigenvalue weighted by molar-refractivity contribution is 5.81. The SMILES string of the molecule is CN(C(=O)OCC1c2ccccc2-c2ccccc21)[C@@H](CCCCNC(c1ccccc1)(c1ccccc1)c1ccccc1)C(=O)O. The topological polar surface area (TPSA) is 78.9 Å². The summed E-state index contributed by atoms with van der Waals surface area (Å²) >= 11 is 0. The van der Waals surface area contributed by atoms with Crippen LogP contribution in [0.25, 0.3) is 11.1 Å². The van der Waals surface area contributed by atoms with Crippen LogP contribution in [-0.4, -0.2) is 48.3 Å². The van der Waals surface area contributed by atoms with E-state index in [1.807, 2.05) is 78.9 Å². The minimum absolute atomic E-state index is 0.0896. The largest absolute Gasteiger partial charge is 0.480 e. The van der Waals surface area contributed by atoms with Crippen molar-refractivity contribution in [2.24, 2.45) is 0 Å². The van der Waals surface area contributed by atoms with Crippen LogP contribution >= 0.6 is 0 Å². The molecule has 5 aromatic rings. The van der Waals surface area contributed by atoms with E-state index in [9.17, 15) is 14.7 Å². The van der Waals surface area contributed by atoms with E-state index < -0.39 is 23.6 Å². The minimum atomic E-state index is -1.04. The lowest BCUT2D eigenvalue weighted by Crippen LogP contribution is -2.45. The van der Waals surface area contributed by atoms with Gasteiger partial charge in [-0.2, -0.15) is 0 Å². The van der Waals surface area contributed by atoms with Crippen LogP contribution in [0.5, 0.6) is 0 Å². The van der Waals surface area contributed by atoms with Crippen molar-refractivity contribution in [3.8, 4) is 11.1 Å². The van der Waals surface area contributed by atoms with Gasteiger partial charge < -0.3 is 9.84 Å². The quantitative estimate of drug-likeness (QED) is 0.102. The molecule has 1 atom stereocenters. The molecular weight excluding hydrogens is 584 g/mol. The first-order valence-electron chi connectivity index (χ1n) is 16.2. The van der Waals surface area contributed by atoms with Gasteiger partial charge in [0.25, 0.3) is 0 Å². The summed E-state index contributed by atoms with van der Waals surface area (Å²) in [4.78, 5) is 26.8. The molecule has 0 bridgehead atoms. The van der Waals surface area contributed by atoms with Crippen molar-refractivity contribution >= 4 is 12.1 Å². The second kappa shape index (κ2) is 14.5. The number of nitrogens with zero attached hydrogens (tertiary/aromatic N) is 1. The summed E-state index contributed by atoms with van der Waals surface area (Å²) in [6.07, 6.45) is 1.01. The Kier molecular flexibility index (Phi) is 9.79. The number of amides is 1. The van der Waals surface area contributed by atoms with Crippen molar-refractivity contribution in [1.82, 2.24) is 10.2 Å². The molecule has 6 rings (SSSR count). The van der Waals surface area contributed by atoms with E-state index in [0.717, 1.165) is 45.4 Å². The Morgan fingerprint density at radius 3 is 1.62 bits per heavy atom. The summed E-state index contributed by atoms with van der Waals surface area (Å²) in [5, 5.41) is 14.0. The predicted octanol–water partition coefficient (Wildman–Crippen LogP) is 8.07. The number of likely N-dealkylation sites (N-methyl/N-ethyl adjacent to an activating group) is 1. The molecule has 47 heavy (non-hydrogen) atoms. The number of hydrogen-bond acceptors (Lipinski definition) is 4. The van der Waals surface area contributed by atoms with Crippen molar-refractivity contribution in [1.29, 1.82) is 0 Å². The number of carboxylic acids is 1. The van der Waals surface area contributed by atoms with Gasteiger partial charge in [0, 0.05) is 13.0 Å². The molecule has 1 aliphatic rings. The van der Waals surface area contributed by atoms with Crippen molar-refractivity contribution in [3.63, 3.8) is 0 Å². The summed E-state index contributed by atoms with van der Waals surface area (Å²) in [5.41, 5.74) is 7.29. The third kappa shape index (κ3) is 6.56. The number of benzene rings is 5. The number of hydrogen-bond donors (Lipinski definition) is 2. The van der Waals surface area contributed by atoms with Gasteiger partial charge in [0.05, 0.1) is 5.54 Å². The first kappa shape index (κ1) is 31.8. The molecule has 0 heterocycles. The number of carbonyl (C=O) groups excluding carboxylic acids is 1. The Hall–Kier alpha value is -5.20. The van der Waals surface area contributed by atoms with Gasteiger partial charge in [-0.1, -0.05) is 140 Å². The molecule has 5 aromatic carbocycles. The summed E-state index contributed by atoms with van der Waals surface area (Å²) < 4.78 is 5.76. The fraction of sp³-hybridized carbons (Fsp3) is 0.220. The van der Waals surface area contributed by atoms with Gasteiger partial charge in [-0.3, -0.25) is 10.2 Å². The average Bonchev–Trinajstić information content (AvgIpc) is 3.44. The normalized spacial score (nSPS) is 13.0. The molecule has 1 amide bonds. The number of nitrogens with one attached hydrogen (secondary N) is 1. The fourth-order valence-electron chi connectivity index (χ4n) is 6.92. The number of carboxylic acid groups (broad SMARTS) is 1. The number of unbranched alkanes of at least 4 members (excludes halogenated alkanes) is 1. The number of aliphatic carboxylic acids is 1. The van der Waals surface area contributed by atoms with Crippen molar-refractivity contribution in [2.45, 2.75) is 36.8 Å². The van der Waals surface area contributed by atoms with Crippen LogP contribution in [0.1, 0.15) is 53.0 Å². The van der Waals surface area contributed by atoms with Gasteiger partial charge in [0.1, 0.15) is 12.6 Å². The highest BCUT2D eigenvalue weighted by Crippen LogP contribution is 2.44. The smallest absolute Gasteiger partial charge is 0.410 e. The van der Waals surface area contributed by atoms with Crippen LogP contribution in [0.3, 0.4) is 0 Å². The van der Waals surface area contributed by atoms with E-state index >= 15 is 0 Å². The second-order valence-electron chi connectivity index (χ2n) is 12.0. The Morgan fingerprint density at radius 1 is 0.702 bits per heavy atom. The van der Waals surface area contributed by atoms with Gasteiger partial charge >= 0.3 is 12.1 Å². The summed E-state index contributed by atoms with van der Waals surface area (Å²) in [6.45, 7) is 0.785. The summed E-state index contributed by atoms with van der Waals surface area (Å²) in [7, 11) is 1.52. The molecule has 6 heteroatoms. The number of carbonyl (C=O) groups is 2. The number of rotatable bonds is 13. The van der Waals surface area contributed by atoms with Crippen molar-refractivity contribution in [2.75, 3.05) is 20.2 Å². The van der Waals surface area contributed by atoms with E-state index in [1.54, 1.807) is 0 Å². The van der Waals surface area contributed by atoms with E-state index in [0.29, 0.717) is 19.4 Å². The summed E-state index contributed by atoms with van der Waals surface area (Å²) in [6, 6.07) is 46.5. The molecular formula is C41H40N2O4. The molecule has 2 N–H and O–H groups in total. The van der Waals surface area contributed by atoms with E-state index in [-0.39, 0.29) is 12.5 Å². The van der Waals surface area contributed by atoms with Gasteiger partial charge in [-0.25, -0.2) is 9.59 Å². The Morgan fingerprint density at radius 2 is 1.15 bits per heavy atom. The van der Waals surface area contributed by atoms with Gasteiger partial charge in [0.15, 0.2) is 0 Å². The molecule has 0 aliphatic heterocycles. The maximum Gasteiger partial charge on any atom is 0.410 e. The highest BCUT2D eigenvalue weighted by atomic mass is 16.6. The highest BCUT2D eigenvalue weighted by Gasteiger charge is 2.36. The molecule has 0 fully saturated rings. The second-order valence-corrected chi connectivity index (χ2v) is 12.0. The molecule has 0 unspecified atom stereocenters. The first-order chi connectivity index (χ1) is 23.0. The van der Waals surface area contributed by atoms with Gasteiger partial charge in [-0.15, -0.1) is 0 Å². The predicted molar refractivity (Wildman–Crippen MR) is 185 cm³/mol. The first-order valence-corrected chi connectivity index (χ1v) is 16.2. The van der Waals surface area contributed by atoms with E-state index in [4.69, 9.17) is 4.74 Å². The van der Waals surface area contributed by atoms with Gasteiger partial charge in [0.2, 0.25) is 0 Å². The zero-order valence-corrected chi connectivity index (χ0v) is 26.6. The molecule has 0 saturated carbocycles. The minimum Gasteiger partial charge on any atom is -0.480 e. The molecule has 0 saturated heterocycles. The fourth-order valence-corrected chi connectivity index (χ4v) is 6.92. The lowest BCUT2D eigenvalue weighted by molar-refractivity contribution is -0.142. The average molecular weight is 625 g/mol. The maximum absolute atomic E-state index is 13.2. The Balaban J connectivity index is 1.10. The number of fused-ring (bicyclic) bond motifs is 3. The zero-order valence-electron chi connectivity index (χ0n) is 26.6. The molecule has 6 nitrogen and oxygen atoms in total. The monoisotopic (exact) mass is 624 g/mol. The van der Waals surface area contributed by atoms with Crippen LogP contribution in [0, 0.1) is 0 Å². The molecule has 0 spiro atoms. The standard InChI is InChI=1S/C41H40N2O4/c1-43(40(46)47-29-37-35-25-13-11-23-33(35)34-24-12-14-26-36(34)37)38(39(44)45)27-15-16-28-42-41(30-17-5-2-6-18-30,31-19-7-3-8-20-31)32-21-9-4-10-22-32/h2-14,17-26,37-38,42H,15-16,27-29H2,1H3,(H,44,45)/t38-/m0/s1. The van der Waals surface area contributed by atoms with Crippen LogP contribution in [0.4, 0.5) is 4.79 Å². The van der Waals surface area contributed by atoms with Crippen LogP contribution in [0.2, 0.25) is 0 Å². The Labute approximate surface area is 276 Å². The molecule has 0 radical (unpaired) electrons. The van der Waals surface area contributed by atoms with E-state index in [1.165, 1.54) is 11.9 Å². The zero-order chi connectivity index (χ0) is 32.6. The third-order valence-electron chi connectivity index (χ3n) is 9.29. The van der Waals surface area contributed by atoms with Gasteiger partial charge in [-0.05, 0) is 64.8 Å². The van der Waals surface area contributed by atoms with Crippen molar-refractivity contribution < 1.29 is 19.4 Å². The van der Waals surface area contributed by atoms with Crippen molar-refractivity contribution in [3.05, 3.63) is 167 Å². The molecule has 0 aromatic heterocycles. The summed E-state index contributed by atoms with van der Waals surface area (Å²) in [5.74, 6) is -1.13. The lowest BCUT2D eigenvalue weighted by Gasteiger charge is -2.37. The van der Waals surface area contributed by atoms with E-state index in [2.05, 4.69) is 66.0 Å². The van der Waals surface area contributed by atoms with Crippen LogP contribution < -0.4 is 5.32 Å². The van der Waals surface area contributed by atoms with Crippen LogP contribution in [-0.2, 0) is 15.1 Å². The number of ether oxygens (including phenoxy) is 1. The third-order valence-corrected chi connectivity index (χ3v) is 9.29. The maximum atomic E-state index is 13.2. The molecule has 1 aliphatic carbocycles.